The second kappa shape index (κ2) is 6.54. The molecule has 24 heavy (non-hydrogen) atoms. The van der Waals surface area contributed by atoms with Gasteiger partial charge in [0.05, 0.1) is 12.5 Å². The highest BCUT2D eigenvalue weighted by Gasteiger charge is 2.86. The molecule has 13 heteroatoms. The van der Waals surface area contributed by atoms with E-state index in [4.69, 9.17) is 0 Å². The summed E-state index contributed by atoms with van der Waals surface area (Å²) in [6, 6.07) is 0. The van der Waals surface area contributed by atoms with Crippen LogP contribution < -0.4 is 0 Å². The van der Waals surface area contributed by atoms with Crippen LogP contribution in [0.5, 0.6) is 0 Å². The standard InChI is InChI=1S/C11H11F11O2/c1-3-24-6(23)5(2)4-7(12,10(17,18)19)8(13,14)9(15,16)11(20,21)22/h5H,3-4H2,1-2H3. The minimum absolute atomic E-state index is 0.417. The molecule has 0 fully saturated rings. The van der Waals surface area contributed by atoms with E-state index in [0.717, 1.165) is 6.92 Å². The van der Waals surface area contributed by atoms with Gasteiger partial charge in [-0.2, -0.15) is 43.9 Å². The van der Waals surface area contributed by atoms with Crippen molar-refractivity contribution < 1.29 is 57.8 Å². The van der Waals surface area contributed by atoms with E-state index in [1.807, 2.05) is 0 Å². The molecule has 2 unspecified atom stereocenters. The van der Waals surface area contributed by atoms with Crippen molar-refractivity contribution in [3.63, 3.8) is 0 Å². The van der Waals surface area contributed by atoms with Crippen molar-refractivity contribution in [1.82, 2.24) is 0 Å². The maximum absolute atomic E-state index is 13.9. The fourth-order valence-electron chi connectivity index (χ4n) is 1.64. The zero-order valence-corrected chi connectivity index (χ0v) is 12.0. The van der Waals surface area contributed by atoms with Crippen LogP contribution in [0.2, 0.25) is 0 Å². The van der Waals surface area contributed by atoms with E-state index in [2.05, 4.69) is 4.74 Å². The Bertz CT molecular complexity index is 454. The Hall–Kier alpha value is -1.30. The maximum atomic E-state index is 13.9. The third-order valence-electron chi connectivity index (χ3n) is 2.97. The van der Waals surface area contributed by atoms with Crippen LogP contribution >= 0.6 is 0 Å². The van der Waals surface area contributed by atoms with Gasteiger partial charge in [0.1, 0.15) is 0 Å². The number of alkyl halides is 11. The molecule has 0 aliphatic heterocycles. The summed E-state index contributed by atoms with van der Waals surface area (Å²) in [5.41, 5.74) is -6.33. The third kappa shape index (κ3) is 3.68. The molecule has 2 nitrogen and oxygen atoms in total. The highest BCUT2D eigenvalue weighted by atomic mass is 19.4. The number of ether oxygens (including phenoxy) is 1. The van der Waals surface area contributed by atoms with E-state index < -0.39 is 54.8 Å². The third-order valence-corrected chi connectivity index (χ3v) is 2.97. The molecule has 0 heterocycles. The molecule has 0 aromatic heterocycles. The van der Waals surface area contributed by atoms with Gasteiger partial charge in [-0.25, -0.2) is 4.39 Å². The van der Waals surface area contributed by atoms with E-state index in [1.165, 1.54) is 0 Å². The molecule has 0 rings (SSSR count). The molecule has 144 valence electrons. The molecule has 0 amide bonds. The average molecular weight is 384 g/mol. The fourth-order valence-corrected chi connectivity index (χ4v) is 1.64. The van der Waals surface area contributed by atoms with E-state index in [9.17, 15) is 53.1 Å². The lowest BCUT2D eigenvalue weighted by Crippen LogP contribution is -2.67. The summed E-state index contributed by atoms with van der Waals surface area (Å²) >= 11 is 0. The van der Waals surface area contributed by atoms with Crippen molar-refractivity contribution in [3.8, 4) is 0 Å². The molecule has 0 radical (unpaired) electrons. The van der Waals surface area contributed by atoms with E-state index in [0.29, 0.717) is 6.92 Å². The highest BCUT2D eigenvalue weighted by molar-refractivity contribution is 5.72. The smallest absolute Gasteiger partial charge is 0.460 e. The van der Waals surface area contributed by atoms with Crippen LogP contribution in [0.4, 0.5) is 48.3 Å². The van der Waals surface area contributed by atoms with Crippen LogP contribution in [0.15, 0.2) is 0 Å². The first kappa shape index (κ1) is 22.7. The lowest BCUT2D eigenvalue weighted by molar-refractivity contribution is -0.413. The average Bonchev–Trinajstić information content (AvgIpc) is 2.35. The van der Waals surface area contributed by atoms with E-state index in [-0.39, 0.29) is 0 Å². The molecule has 0 saturated carbocycles. The summed E-state index contributed by atoms with van der Waals surface area (Å²) in [6.07, 6.45) is -16.7. The van der Waals surface area contributed by atoms with Crippen molar-refractivity contribution in [3.05, 3.63) is 0 Å². The normalized spacial score (nSPS) is 18.0. The summed E-state index contributed by atoms with van der Waals surface area (Å²) < 4.78 is 144. The quantitative estimate of drug-likeness (QED) is 0.491. The van der Waals surface area contributed by atoms with Gasteiger partial charge in [0.2, 0.25) is 0 Å². The Kier molecular flexibility index (Phi) is 6.19. The lowest BCUT2D eigenvalue weighted by Gasteiger charge is -2.40. The Morgan fingerprint density at radius 3 is 1.54 bits per heavy atom. The molecular weight excluding hydrogens is 373 g/mol. The first-order valence-corrected chi connectivity index (χ1v) is 6.11. The topological polar surface area (TPSA) is 26.3 Å². The van der Waals surface area contributed by atoms with Crippen LogP contribution in [-0.2, 0) is 9.53 Å². The van der Waals surface area contributed by atoms with Gasteiger partial charge >= 0.3 is 30.2 Å². The van der Waals surface area contributed by atoms with Gasteiger partial charge in [0.15, 0.2) is 0 Å². The van der Waals surface area contributed by atoms with Gasteiger partial charge in [-0.1, -0.05) is 6.92 Å². The summed E-state index contributed by atoms with van der Waals surface area (Å²) in [6.45, 7) is 1.09. The summed E-state index contributed by atoms with van der Waals surface area (Å²) in [4.78, 5) is 11.1. The van der Waals surface area contributed by atoms with Gasteiger partial charge in [-0.3, -0.25) is 4.79 Å². The molecule has 0 aromatic rings. The van der Waals surface area contributed by atoms with E-state index >= 15 is 0 Å². The summed E-state index contributed by atoms with van der Waals surface area (Å²) in [7, 11) is 0. The van der Waals surface area contributed by atoms with Crippen molar-refractivity contribution in [1.29, 1.82) is 0 Å². The summed E-state index contributed by atoms with van der Waals surface area (Å²) in [5, 5.41) is 0. The number of hydrogen-bond donors (Lipinski definition) is 0. The maximum Gasteiger partial charge on any atom is 0.460 e. The molecule has 0 spiro atoms. The number of carbonyl (C=O) groups is 1. The lowest BCUT2D eigenvalue weighted by atomic mass is 9.83. The van der Waals surface area contributed by atoms with Gasteiger partial charge < -0.3 is 4.74 Å². The SMILES string of the molecule is CCOC(=O)C(C)CC(F)(C(F)(F)F)C(F)(F)C(F)(F)C(F)(F)F. The minimum Gasteiger partial charge on any atom is -0.466 e. The Morgan fingerprint density at radius 1 is 0.833 bits per heavy atom. The van der Waals surface area contributed by atoms with Crippen LogP contribution in [-0.4, -0.2) is 42.4 Å². The zero-order valence-electron chi connectivity index (χ0n) is 12.0. The monoisotopic (exact) mass is 384 g/mol. The highest BCUT2D eigenvalue weighted by Crippen LogP contribution is 2.58. The Labute approximate surface area is 127 Å². The second-order valence-corrected chi connectivity index (χ2v) is 4.80. The number of halogens is 11. The van der Waals surface area contributed by atoms with Gasteiger partial charge in [0, 0.05) is 6.42 Å². The predicted molar refractivity (Wildman–Crippen MR) is 56.3 cm³/mol. The number of hydrogen-bond acceptors (Lipinski definition) is 2. The Morgan fingerprint density at radius 2 is 1.25 bits per heavy atom. The Balaban J connectivity index is 6.07. The van der Waals surface area contributed by atoms with Crippen LogP contribution in [0.1, 0.15) is 20.3 Å². The predicted octanol–water partition coefficient (Wildman–Crippen LogP) is 4.68. The second-order valence-electron chi connectivity index (χ2n) is 4.80. The first-order chi connectivity index (χ1) is 10.4. The molecular formula is C11H11F11O2. The fraction of sp³-hybridized carbons (Fsp3) is 0.909. The molecule has 0 aliphatic carbocycles. The number of esters is 1. The molecule has 0 aromatic carbocycles. The van der Waals surface area contributed by atoms with Gasteiger partial charge in [-0.15, -0.1) is 0 Å². The number of carbonyl (C=O) groups excluding carboxylic acids is 1. The molecule has 0 N–H and O–H groups in total. The van der Waals surface area contributed by atoms with Crippen molar-refractivity contribution in [2.24, 2.45) is 5.92 Å². The molecule has 0 aliphatic rings. The first-order valence-electron chi connectivity index (χ1n) is 6.11. The largest absolute Gasteiger partial charge is 0.466 e. The van der Waals surface area contributed by atoms with E-state index in [1.54, 1.807) is 0 Å². The van der Waals surface area contributed by atoms with Crippen molar-refractivity contribution in [2.45, 2.75) is 50.1 Å². The van der Waals surface area contributed by atoms with Crippen LogP contribution in [0.25, 0.3) is 0 Å². The molecule has 0 bridgehead atoms. The van der Waals surface area contributed by atoms with Crippen molar-refractivity contribution in [2.75, 3.05) is 6.61 Å². The molecule has 2 atom stereocenters. The van der Waals surface area contributed by atoms with Gasteiger partial charge in [0.25, 0.3) is 5.67 Å². The van der Waals surface area contributed by atoms with Crippen LogP contribution in [0.3, 0.4) is 0 Å². The zero-order chi connectivity index (χ0) is 19.8. The minimum atomic E-state index is -7.33. The van der Waals surface area contributed by atoms with Gasteiger partial charge in [-0.05, 0) is 6.92 Å². The van der Waals surface area contributed by atoms with Crippen LogP contribution in [0, 0.1) is 5.92 Å². The van der Waals surface area contributed by atoms with Crippen molar-refractivity contribution >= 4 is 5.97 Å². The number of rotatable bonds is 6. The molecule has 0 saturated heterocycles. The summed E-state index contributed by atoms with van der Waals surface area (Å²) in [5.74, 6) is -18.6.